The van der Waals surface area contributed by atoms with Gasteiger partial charge in [-0.15, -0.1) is 0 Å². The van der Waals surface area contributed by atoms with Crippen LogP contribution >= 0.6 is 0 Å². The number of carbonyl (C=O) groups is 2. The molecule has 1 unspecified atom stereocenters. The lowest BCUT2D eigenvalue weighted by molar-refractivity contribution is -0.119. The molecule has 0 bridgehead atoms. The van der Waals surface area contributed by atoms with Crippen molar-refractivity contribution in [3.63, 3.8) is 0 Å². The number of hydrogen-bond acceptors (Lipinski definition) is 8. The van der Waals surface area contributed by atoms with Crippen LogP contribution in [0.4, 0.5) is 23.7 Å². The van der Waals surface area contributed by atoms with E-state index in [1.807, 2.05) is 6.92 Å². The maximum Gasteiger partial charge on any atom is 0.407 e. The van der Waals surface area contributed by atoms with Gasteiger partial charge in [-0.05, 0) is 68.0 Å². The van der Waals surface area contributed by atoms with Crippen LogP contribution < -0.4 is 21.7 Å². The van der Waals surface area contributed by atoms with Gasteiger partial charge in [0, 0.05) is 37.7 Å². The minimum absolute atomic E-state index is 0.0395. The van der Waals surface area contributed by atoms with Gasteiger partial charge in [-0.25, -0.2) is 18.0 Å². The molecular weight excluding hydrogens is 615 g/mol. The zero-order valence-corrected chi connectivity index (χ0v) is 26.1. The summed E-state index contributed by atoms with van der Waals surface area (Å²) in [5.41, 5.74) is 7.11. The summed E-state index contributed by atoms with van der Waals surface area (Å²) in [6.07, 6.45) is 3.68. The number of amides is 2. The average Bonchev–Trinajstić information content (AvgIpc) is 3.50. The van der Waals surface area contributed by atoms with Crippen LogP contribution in [-0.4, -0.2) is 73.7 Å². The summed E-state index contributed by atoms with van der Waals surface area (Å²) in [6, 6.07) is 9.99. The topological polar surface area (TPSA) is 137 Å². The molecule has 0 saturated carbocycles. The molecule has 0 radical (unpaired) electrons. The Hall–Kier alpha value is -4.20. The average molecular weight is 656 g/mol. The number of alkyl carbamates (subject to hydrolysis) is 1. The number of anilines is 1. The molecule has 3 heterocycles. The number of morpholine rings is 1. The first-order valence-corrected chi connectivity index (χ1v) is 15.7. The standard InChI is InChI=1S/C34H40F3N5O5/c1-34(13-2-14-46-34)20-41-33(44)45-19-26-16-39-15-25(47-26)11-12-27-28(37)17-40-18-29(27)42-31(32(38)43)30(21-3-7-23(35)8-4-21)22-5-9-24(36)10-6-22/h3-10,17-18,25-26,30-31,39,42H,2,11-16,19-20H2,1H3,(H2,38,43)(H,41,44)/t25-,26+,31+,34?/m1/s1. The van der Waals surface area contributed by atoms with Gasteiger partial charge >= 0.3 is 6.09 Å². The number of nitrogens with one attached hydrogen (secondary N) is 3. The Morgan fingerprint density at radius 3 is 2.32 bits per heavy atom. The van der Waals surface area contributed by atoms with E-state index in [1.165, 1.54) is 54.7 Å². The molecular formula is C34H40F3N5O5. The molecule has 5 N–H and O–H groups in total. The molecule has 252 valence electrons. The van der Waals surface area contributed by atoms with E-state index in [1.54, 1.807) is 0 Å². The van der Waals surface area contributed by atoms with Crippen molar-refractivity contribution < 1.29 is 37.0 Å². The first-order valence-electron chi connectivity index (χ1n) is 15.7. The van der Waals surface area contributed by atoms with Gasteiger partial charge in [0.05, 0.1) is 29.8 Å². The predicted molar refractivity (Wildman–Crippen MR) is 168 cm³/mol. The molecule has 2 amide bonds. The van der Waals surface area contributed by atoms with Crippen molar-refractivity contribution in [1.29, 1.82) is 0 Å². The maximum absolute atomic E-state index is 15.3. The van der Waals surface area contributed by atoms with E-state index in [4.69, 9.17) is 19.9 Å². The van der Waals surface area contributed by atoms with E-state index in [-0.39, 0.29) is 36.0 Å². The fourth-order valence-electron chi connectivity index (χ4n) is 6.05. The number of halogens is 3. The van der Waals surface area contributed by atoms with E-state index in [0.29, 0.717) is 43.8 Å². The summed E-state index contributed by atoms with van der Waals surface area (Å²) >= 11 is 0. The number of aromatic nitrogens is 1. The van der Waals surface area contributed by atoms with Gasteiger partial charge in [-0.2, -0.15) is 0 Å². The molecule has 3 aromatic rings. The Bertz CT molecular complexity index is 1460. The second-order valence-corrected chi connectivity index (χ2v) is 12.2. The van der Waals surface area contributed by atoms with Crippen molar-refractivity contribution in [2.75, 3.05) is 38.2 Å². The first kappa shape index (κ1) is 34.1. The van der Waals surface area contributed by atoms with Gasteiger partial charge in [0.2, 0.25) is 5.91 Å². The highest BCUT2D eigenvalue weighted by Gasteiger charge is 2.32. The number of nitrogens with two attached hydrogens (primary N) is 1. The van der Waals surface area contributed by atoms with Crippen molar-refractivity contribution >= 4 is 17.7 Å². The van der Waals surface area contributed by atoms with Crippen molar-refractivity contribution in [2.45, 2.75) is 62.4 Å². The van der Waals surface area contributed by atoms with Crippen LogP contribution in [0.15, 0.2) is 60.9 Å². The molecule has 0 aliphatic carbocycles. The summed E-state index contributed by atoms with van der Waals surface area (Å²) < 4.78 is 60.1. The SMILES string of the molecule is CC1(CNC(=O)OC[C@@H]2CNC[C@@H](CCc3c(F)cncc3N[C@H](C(N)=O)C(c3ccc(F)cc3)c3ccc(F)cc3)O2)CCCO1. The van der Waals surface area contributed by atoms with E-state index in [2.05, 4.69) is 20.9 Å². The van der Waals surface area contributed by atoms with Crippen LogP contribution in [0.2, 0.25) is 0 Å². The number of rotatable bonds is 13. The molecule has 13 heteroatoms. The monoisotopic (exact) mass is 655 g/mol. The summed E-state index contributed by atoms with van der Waals surface area (Å²) in [5.74, 6) is -3.03. The molecule has 2 aliphatic rings. The number of nitrogens with zero attached hydrogens (tertiary/aromatic N) is 1. The molecule has 2 aliphatic heterocycles. The molecule has 47 heavy (non-hydrogen) atoms. The molecule has 5 rings (SSSR count). The molecule has 2 saturated heterocycles. The highest BCUT2D eigenvalue weighted by atomic mass is 19.1. The highest BCUT2D eigenvalue weighted by Crippen LogP contribution is 2.32. The van der Waals surface area contributed by atoms with Crippen LogP contribution in [0.5, 0.6) is 0 Å². The number of hydrogen-bond donors (Lipinski definition) is 4. The van der Waals surface area contributed by atoms with Crippen molar-refractivity contribution in [3.8, 4) is 0 Å². The molecule has 2 fully saturated rings. The Labute approximate surface area is 271 Å². The predicted octanol–water partition coefficient (Wildman–Crippen LogP) is 4.18. The van der Waals surface area contributed by atoms with Gasteiger partial charge in [0.25, 0.3) is 0 Å². The number of pyridine rings is 1. The molecule has 10 nitrogen and oxygen atoms in total. The zero-order chi connectivity index (χ0) is 33.4. The first-order chi connectivity index (χ1) is 22.6. The fourth-order valence-corrected chi connectivity index (χ4v) is 6.05. The van der Waals surface area contributed by atoms with Gasteiger partial charge in [0.1, 0.15) is 36.2 Å². The summed E-state index contributed by atoms with van der Waals surface area (Å²) in [6.45, 7) is 4.02. The van der Waals surface area contributed by atoms with Crippen LogP contribution in [0.25, 0.3) is 0 Å². The summed E-state index contributed by atoms with van der Waals surface area (Å²) in [7, 11) is 0. The number of primary amides is 1. The van der Waals surface area contributed by atoms with E-state index in [0.717, 1.165) is 19.0 Å². The van der Waals surface area contributed by atoms with Gasteiger partial charge in [-0.3, -0.25) is 9.78 Å². The lowest BCUT2D eigenvalue weighted by atomic mass is 9.84. The third-order valence-corrected chi connectivity index (χ3v) is 8.57. The number of benzene rings is 2. The van der Waals surface area contributed by atoms with Gasteiger partial charge in [-0.1, -0.05) is 24.3 Å². The fraction of sp³-hybridized carbons (Fsp3) is 0.441. The molecule has 2 aromatic carbocycles. The Balaban J connectivity index is 1.24. The molecule has 4 atom stereocenters. The second kappa shape index (κ2) is 15.6. The lowest BCUT2D eigenvalue weighted by Crippen LogP contribution is -2.48. The number of carbonyl (C=O) groups excluding carboxylic acids is 2. The second-order valence-electron chi connectivity index (χ2n) is 12.2. The van der Waals surface area contributed by atoms with E-state index < -0.39 is 47.5 Å². The molecule has 0 spiro atoms. The summed E-state index contributed by atoms with van der Waals surface area (Å²) in [5, 5.41) is 9.10. The quantitative estimate of drug-likeness (QED) is 0.215. The normalized spacial score (nSPS) is 21.7. The van der Waals surface area contributed by atoms with Crippen molar-refractivity contribution in [3.05, 3.63) is 95.1 Å². The largest absolute Gasteiger partial charge is 0.447 e. The Kier molecular flexibility index (Phi) is 11.3. The zero-order valence-electron chi connectivity index (χ0n) is 26.1. The minimum Gasteiger partial charge on any atom is -0.447 e. The highest BCUT2D eigenvalue weighted by molar-refractivity contribution is 5.85. The Morgan fingerprint density at radius 2 is 1.70 bits per heavy atom. The lowest BCUT2D eigenvalue weighted by Gasteiger charge is -2.31. The summed E-state index contributed by atoms with van der Waals surface area (Å²) in [4.78, 5) is 29.2. The van der Waals surface area contributed by atoms with Gasteiger partial charge < -0.3 is 35.9 Å². The minimum atomic E-state index is -1.13. The number of ether oxygens (including phenoxy) is 3. The van der Waals surface area contributed by atoms with Gasteiger partial charge in [0.15, 0.2) is 0 Å². The molecule has 1 aromatic heterocycles. The smallest absolute Gasteiger partial charge is 0.407 e. The third kappa shape index (κ3) is 9.21. The van der Waals surface area contributed by atoms with Crippen molar-refractivity contribution in [2.24, 2.45) is 5.73 Å². The van der Waals surface area contributed by atoms with Crippen LogP contribution in [0.3, 0.4) is 0 Å². The maximum atomic E-state index is 15.3. The third-order valence-electron chi connectivity index (χ3n) is 8.57. The van der Waals surface area contributed by atoms with Crippen LogP contribution in [-0.2, 0) is 25.4 Å². The van der Waals surface area contributed by atoms with Crippen molar-refractivity contribution in [1.82, 2.24) is 15.6 Å². The van der Waals surface area contributed by atoms with Crippen LogP contribution in [0, 0.1) is 17.5 Å². The van der Waals surface area contributed by atoms with Crippen LogP contribution in [0.1, 0.15) is 48.8 Å². The Morgan fingerprint density at radius 1 is 1.04 bits per heavy atom. The van der Waals surface area contributed by atoms with E-state index in [9.17, 15) is 18.4 Å². The van der Waals surface area contributed by atoms with E-state index >= 15 is 4.39 Å².